The summed E-state index contributed by atoms with van der Waals surface area (Å²) in [4.78, 5) is 0. The van der Waals surface area contributed by atoms with E-state index in [9.17, 15) is 0 Å². The van der Waals surface area contributed by atoms with Gasteiger partial charge in [-0.2, -0.15) is 0 Å². The molecule has 1 aromatic carbocycles. The second-order valence-corrected chi connectivity index (χ2v) is 3.14. The van der Waals surface area contributed by atoms with Gasteiger partial charge in [0.25, 0.3) is 0 Å². The predicted octanol–water partition coefficient (Wildman–Crippen LogP) is 3.20. The van der Waals surface area contributed by atoms with Crippen LogP contribution in [0.5, 0.6) is 5.75 Å². The Hall–Kier alpha value is -1.68. The van der Waals surface area contributed by atoms with Crippen LogP contribution in [0.15, 0.2) is 30.9 Å². The zero-order valence-electron chi connectivity index (χ0n) is 9.21. The third-order valence-corrected chi connectivity index (χ3v) is 2.20. The Labute approximate surface area is 91.8 Å². The number of rotatable bonds is 4. The van der Waals surface area contributed by atoms with Gasteiger partial charge in [0.1, 0.15) is 5.75 Å². The first-order valence-corrected chi connectivity index (χ1v) is 4.93. The Morgan fingerprint density at radius 2 is 2.33 bits per heavy atom. The molecular formula is C14H15O. The number of hydrogen-bond donors (Lipinski definition) is 0. The van der Waals surface area contributed by atoms with Crippen LogP contribution in [-0.4, -0.2) is 6.61 Å². The lowest BCUT2D eigenvalue weighted by Gasteiger charge is -2.13. The molecule has 0 N–H and O–H groups in total. The van der Waals surface area contributed by atoms with Crippen LogP contribution >= 0.6 is 0 Å². The van der Waals surface area contributed by atoms with Gasteiger partial charge < -0.3 is 4.74 Å². The van der Waals surface area contributed by atoms with Crippen molar-refractivity contribution in [3.63, 3.8) is 0 Å². The number of hydrogen-bond acceptors (Lipinski definition) is 1. The summed E-state index contributed by atoms with van der Waals surface area (Å²) in [6.45, 7) is 8.28. The fraction of sp³-hybridized carbons (Fsp3) is 0.214. The molecule has 15 heavy (non-hydrogen) atoms. The highest BCUT2D eigenvalue weighted by Gasteiger charge is 2.11. The van der Waals surface area contributed by atoms with Gasteiger partial charge in [-0.15, -0.1) is 13.0 Å². The van der Waals surface area contributed by atoms with Gasteiger partial charge in [-0.25, -0.2) is 0 Å². The SMILES string of the molecule is C#Cc1c(OCC)cccc1[C](C)C=C. The van der Waals surface area contributed by atoms with Crippen molar-refractivity contribution in [3.05, 3.63) is 47.9 Å². The Bertz CT molecular complexity index is 385. The van der Waals surface area contributed by atoms with Crippen LogP contribution in [0.4, 0.5) is 0 Å². The minimum absolute atomic E-state index is 0.616. The molecule has 0 aliphatic carbocycles. The minimum atomic E-state index is 0.616. The zero-order chi connectivity index (χ0) is 11.3. The van der Waals surface area contributed by atoms with Crippen LogP contribution in [-0.2, 0) is 0 Å². The fourth-order valence-corrected chi connectivity index (χ4v) is 1.39. The Kier molecular flexibility index (Phi) is 4.00. The largest absolute Gasteiger partial charge is 0.493 e. The summed E-state index contributed by atoms with van der Waals surface area (Å²) in [6.07, 6.45) is 7.29. The molecule has 0 aromatic heterocycles. The van der Waals surface area contributed by atoms with Gasteiger partial charge in [0, 0.05) is 5.92 Å². The van der Waals surface area contributed by atoms with Gasteiger partial charge >= 0.3 is 0 Å². The van der Waals surface area contributed by atoms with E-state index in [0.29, 0.717) is 6.61 Å². The molecule has 1 radical (unpaired) electrons. The average Bonchev–Trinajstić information content (AvgIpc) is 2.28. The van der Waals surface area contributed by atoms with E-state index in [4.69, 9.17) is 11.2 Å². The lowest BCUT2D eigenvalue weighted by Crippen LogP contribution is -2.00. The van der Waals surface area contributed by atoms with E-state index in [1.165, 1.54) is 0 Å². The maximum atomic E-state index is 5.50. The van der Waals surface area contributed by atoms with E-state index in [2.05, 4.69) is 12.5 Å². The second kappa shape index (κ2) is 5.26. The predicted molar refractivity (Wildman–Crippen MR) is 63.8 cm³/mol. The van der Waals surface area contributed by atoms with Crippen molar-refractivity contribution >= 4 is 0 Å². The monoisotopic (exact) mass is 199 g/mol. The standard InChI is InChI=1S/C14H15O/c1-5-11(4)13-9-8-10-14(15-7-3)12(13)6-2/h2,5,8-10H,1,7H2,3-4H3. The van der Waals surface area contributed by atoms with Gasteiger partial charge in [-0.1, -0.05) is 31.1 Å². The summed E-state index contributed by atoms with van der Waals surface area (Å²) >= 11 is 0. The van der Waals surface area contributed by atoms with Crippen molar-refractivity contribution < 1.29 is 4.74 Å². The quantitative estimate of drug-likeness (QED) is 0.677. The van der Waals surface area contributed by atoms with Crippen LogP contribution in [0.25, 0.3) is 0 Å². The van der Waals surface area contributed by atoms with Crippen LogP contribution < -0.4 is 4.74 Å². The molecule has 0 saturated heterocycles. The molecule has 1 heteroatoms. The molecule has 0 fully saturated rings. The van der Waals surface area contributed by atoms with Gasteiger partial charge in [0.05, 0.1) is 12.2 Å². The highest BCUT2D eigenvalue weighted by Crippen LogP contribution is 2.27. The topological polar surface area (TPSA) is 9.23 Å². The maximum absolute atomic E-state index is 5.50. The molecule has 1 nitrogen and oxygen atoms in total. The third-order valence-electron chi connectivity index (χ3n) is 2.20. The van der Waals surface area contributed by atoms with E-state index in [-0.39, 0.29) is 0 Å². The van der Waals surface area contributed by atoms with Gasteiger partial charge in [-0.3, -0.25) is 0 Å². The van der Waals surface area contributed by atoms with Gasteiger partial charge in [0.2, 0.25) is 0 Å². The second-order valence-electron chi connectivity index (χ2n) is 3.14. The van der Waals surface area contributed by atoms with Crippen molar-refractivity contribution in [3.8, 4) is 18.1 Å². The number of benzene rings is 1. The zero-order valence-corrected chi connectivity index (χ0v) is 9.21. The number of allylic oxidation sites excluding steroid dienone is 1. The number of ether oxygens (including phenoxy) is 1. The molecule has 0 bridgehead atoms. The van der Waals surface area contributed by atoms with Crippen LogP contribution in [0.1, 0.15) is 25.0 Å². The van der Waals surface area contributed by atoms with Crippen molar-refractivity contribution in [1.82, 2.24) is 0 Å². The molecule has 0 saturated carbocycles. The van der Waals surface area contributed by atoms with E-state index in [1.54, 1.807) is 6.08 Å². The lowest BCUT2D eigenvalue weighted by atomic mass is 9.95. The molecule has 0 atom stereocenters. The fourth-order valence-electron chi connectivity index (χ4n) is 1.39. The van der Waals surface area contributed by atoms with Gasteiger partial charge in [0.15, 0.2) is 0 Å². The van der Waals surface area contributed by atoms with Crippen molar-refractivity contribution in [1.29, 1.82) is 0 Å². The molecule has 77 valence electrons. The molecule has 0 unspecified atom stereocenters. The maximum Gasteiger partial charge on any atom is 0.135 e. The van der Waals surface area contributed by atoms with Crippen molar-refractivity contribution in [2.24, 2.45) is 0 Å². The smallest absolute Gasteiger partial charge is 0.135 e. The lowest BCUT2D eigenvalue weighted by molar-refractivity contribution is 0.339. The first-order chi connectivity index (χ1) is 7.24. The summed E-state index contributed by atoms with van der Waals surface area (Å²) in [5.74, 6) is 4.49. The van der Waals surface area contributed by atoms with E-state index in [0.717, 1.165) is 22.8 Å². The normalized spacial score (nSPS) is 9.73. The summed E-state index contributed by atoms with van der Waals surface area (Å²) in [7, 11) is 0. The summed E-state index contributed by atoms with van der Waals surface area (Å²) < 4.78 is 5.47. The minimum Gasteiger partial charge on any atom is -0.493 e. The third kappa shape index (κ3) is 2.41. The molecule has 0 heterocycles. The van der Waals surface area contributed by atoms with Crippen LogP contribution in [0.2, 0.25) is 0 Å². The summed E-state index contributed by atoms with van der Waals surface area (Å²) in [5, 5.41) is 0. The first-order valence-electron chi connectivity index (χ1n) is 4.93. The van der Waals surface area contributed by atoms with Crippen LogP contribution in [0.3, 0.4) is 0 Å². The molecule has 1 rings (SSSR count). The van der Waals surface area contributed by atoms with Crippen molar-refractivity contribution in [2.75, 3.05) is 6.61 Å². The highest BCUT2D eigenvalue weighted by atomic mass is 16.5. The number of terminal acetylenes is 1. The Morgan fingerprint density at radius 1 is 1.60 bits per heavy atom. The molecule has 0 amide bonds. The summed E-state index contributed by atoms with van der Waals surface area (Å²) in [5.41, 5.74) is 1.82. The van der Waals surface area contributed by atoms with E-state index in [1.807, 2.05) is 32.0 Å². The molecule has 0 aliphatic heterocycles. The Morgan fingerprint density at radius 3 is 2.87 bits per heavy atom. The van der Waals surface area contributed by atoms with E-state index < -0.39 is 0 Å². The molecule has 0 aliphatic rings. The first kappa shape index (κ1) is 11.4. The molecular weight excluding hydrogens is 184 g/mol. The van der Waals surface area contributed by atoms with Gasteiger partial charge in [-0.05, 0) is 18.6 Å². The van der Waals surface area contributed by atoms with E-state index >= 15 is 0 Å². The summed E-state index contributed by atoms with van der Waals surface area (Å²) in [6, 6.07) is 5.81. The average molecular weight is 199 g/mol. The van der Waals surface area contributed by atoms with Crippen molar-refractivity contribution in [2.45, 2.75) is 13.8 Å². The molecule has 0 spiro atoms. The molecule has 1 aromatic rings. The highest BCUT2D eigenvalue weighted by molar-refractivity contribution is 5.56. The Balaban J connectivity index is 3.23. The van der Waals surface area contributed by atoms with Crippen LogP contribution in [0, 0.1) is 18.3 Å².